The van der Waals surface area contributed by atoms with Crippen molar-refractivity contribution in [2.75, 3.05) is 26.2 Å². The van der Waals surface area contributed by atoms with Crippen LogP contribution < -0.4 is 19.1 Å². The van der Waals surface area contributed by atoms with Crippen molar-refractivity contribution in [2.24, 2.45) is 0 Å². The van der Waals surface area contributed by atoms with Crippen molar-refractivity contribution in [3.05, 3.63) is 107 Å². The number of hydrogen-bond acceptors (Lipinski definition) is 4. The summed E-state index contributed by atoms with van der Waals surface area (Å²) < 4.78 is 16.3. The lowest BCUT2D eigenvalue weighted by atomic mass is 10.1. The van der Waals surface area contributed by atoms with Crippen LogP contribution in [0.15, 0.2) is 78.9 Å². The second-order valence-electron chi connectivity index (χ2n) is 8.80. The van der Waals surface area contributed by atoms with E-state index in [0.717, 1.165) is 62.1 Å². The van der Waals surface area contributed by atoms with Crippen molar-refractivity contribution >= 4 is 29.2 Å². The van der Waals surface area contributed by atoms with Gasteiger partial charge in [-0.15, -0.1) is 0 Å². The van der Waals surface area contributed by atoms with Crippen LogP contribution in [0.2, 0.25) is 0 Å². The molecule has 0 radical (unpaired) electrons. The fourth-order valence-corrected chi connectivity index (χ4v) is 4.38. The van der Waals surface area contributed by atoms with Crippen LogP contribution >= 0.6 is 0 Å². The van der Waals surface area contributed by atoms with E-state index in [4.69, 9.17) is 14.2 Å². The lowest BCUT2D eigenvalue weighted by Crippen LogP contribution is -2.10. The Balaban J connectivity index is 1.68. The van der Waals surface area contributed by atoms with Crippen molar-refractivity contribution < 1.29 is 14.2 Å². The number of ether oxygens (including phenoxy) is 3. The molecule has 4 aromatic carbocycles. The van der Waals surface area contributed by atoms with Gasteiger partial charge in [0.05, 0.1) is 21.3 Å². The maximum Gasteiger partial charge on any atom is 0.121 e. The molecule has 184 valence electrons. The Morgan fingerprint density at radius 3 is 1.31 bits per heavy atom. The van der Waals surface area contributed by atoms with Gasteiger partial charge in [-0.2, -0.15) is 0 Å². The van der Waals surface area contributed by atoms with Crippen LogP contribution in [-0.4, -0.2) is 21.3 Å². The van der Waals surface area contributed by atoms with Crippen molar-refractivity contribution in [3.63, 3.8) is 0 Å². The predicted molar refractivity (Wildman–Crippen MR) is 150 cm³/mol. The second-order valence-corrected chi connectivity index (χ2v) is 8.80. The van der Waals surface area contributed by atoms with Crippen LogP contribution in [0, 0.1) is 20.8 Å². The minimum Gasteiger partial charge on any atom is -0.496 e. The molecule has 0 saturated heterocycles. The van der Waals surface area contributed by atoms with Crippen LogP contribution in [0.5, 0.6) is 17.2 Å². The van der Waals surface area contributed by atoms with Gasteiger partial charge >= 0.3 is 0 Å². The van der Waals surface area contributed by atoms with Crippen molar-refractivity contribution in [1.82, 2.24) is 0 Å². The van der Waals surface area contributed by atoms with Gasteiger partial charge in [0.25, 0.3) is 0 Å². The van der Waals surface area contributed by atoms with Crippen LogP contribution in [0.1, 0.15) is 27.8 Å². The van der Waals surface area contributed by atoms with Gasteiger partial charge in [-0.05, 0) is 109 Å². The van der Waals surface area contributed by atoms with Crippen LogP contribution in [0.3, 0.4) is 0 Å². The molecular formula is C32H33NO3. The molecule has 0 fully saturated rings. The van der Waals surface area contributed by atoms with Crippen LogP contribution in [-0.2, 0) is 0 Å². The summed E-state index contributed by atoms with van der Waals surface area (Å²) in [6, 6.07) is 27.3. The number of anilines is 3. The highest BCUT2D eigenvalue weighted by atomic mass is 16.5. The predicted octanol–water partition coefficient (Wildman–Crippen LogP) is 8.28. The summed E-state index contributed by atoms with van der Waals surface area (Å²) >= 11 is 0. The standard InChI is InChI=1S/C32H33NO3/c1-22-19-26(11-16-30(22)34-4)8-7-25-9-12-27(13-10-25)33(28-14-17-31(35-5)23(2)20-28)29-15-18-32(36-6)24(3)21-29/h7-21H,1-6H3. The number of nitrogens with zero attached hydrogens (tertiary/aromatic N) is 1. The molecule has 0 saturated carbocycles. The van der Waals surface area contributed by atoms with E-state index in [9.17, 15) is 0 Å². The van der Waals surface area contributed by atoms with E-state index in [1.54, 1.807) is 21.3 Å². The Kier molecular flexibility index (Phi) is 7.65. The minimum atomic E-state index is 0.874. The third kappa shape index (κ3) is 5.38. The molecule has 0 bridgehead atoms. The fourth-order valence-electron chi connectivity index (χ4n) is 4.38. The Hall–Kier alpha value is -4.18. The summed E-state index contributed by atoms with van der Waals surface area (Å²) in [6.07, 6.45) is 4.25. The van der Waals surface area contributed by atoms with Crippen molar-refractivity contribution in [1.29, 1.82) is 0 Å². The molecule has 0 aliphatic rings. The van der Waals surface area contributed by atoms with E-state index in [1.807, 2.05) is 18.2 Å². The molecule has 0 N–H and O–H groups in total. The van der Waals surface area contributed by atoms with E-state index < -0.39 is 0 Å². The monoisotopic (exact) mass is 479 g/mol. The van der Waals surface area contributed by atoms with E-state index in [2.05, 4.69) is 98.5 Å². The summed E-state index contributed by atoms with van der Waals surface area (Å²) in [5.74, 6) is 2.65. The Morgan fingerprint density at radius 2 is 0.861 bits per heavy atom. The zero-order valence-electron chi connectivity index (χ0n) is 21.8. The molecule has 4 nitrogen and oxygen atoms in total. The quantitative estimate of drug-likeness (QED) is 0.238. The molecule has 36 heavy (non-hydrogen) atoms. The third-order valence-electron chi connectivity index (χ3n) is 6.31. The Bertz CT molecular complexity index is 1320. The molecule has 4 rings (SSSR count). The molecule has 0 atom stereocenters. The summed E-state index contributed by atoms with van der Waals surface area (Å²) in [5.41, 5.74) is 8.76. The van der Waals surface area contributed by atoms with E-state index >= 15 is 0 Å². The summed E-state index contributed by atoms with van der Waals surface area (Å²) in [4.78, 5) is 2.25. The zero-order valence-corrected chi connectivity index (χ0v) is 21.8. The highest BCUT2D eigenvalue weighted by Crippen LogP contribution is 2.38. The van der Waals surface area contributed by atoms with Gasteiger partial charge < -0.3 is 19.1 Å². The maximum atomic E-state index is 5.49. The SMILES string of the molecule is COc1ccc(C=Cc2ccc(N(c3ccc(OC)c(C)c3)c3ccc(OC)c(C)c3)cc2)cc1C. The molecule has 0 spiro atoms. The molecule has 0 heterocycles. The van der Waals surface area contributed by atoms with Crippen molar-refractivity contribution in [2.45, 2.75) is 20.8 Å². The van der Waals surface area contributed by atoms with E-state index in [1.165, 1.54) is 0 Å². The van der Waals surface area contributed by atoms with Gasteiger partial charge in [0.2, 0.25) is 0 Å². The Labute approximate surface area is 214 Å². The van der Waals surface area contributed by atoms with Crippen LogP contribution in [0.25, 0.3) is 12.2 Å². The lowest BCUT2D eigenvalue weighted by molar-refractivity contribution is 0.411. The first kappa shape index (κ1) is 24.9. The molecule has 4 heteroatoms. The van der Waals surface area contributed by atoms with Gasteiger partial charge in [-0.25, -0.2) is 0 Å². The lowest BCUT2D eigenvalue weighted by Gasteiger charge is -2.27. The third-order valence-corrected chi connectivity index (χ3v) is 6.31. The molecule has 0 aliphatic heterocycles. The summed E-state index contributed by atoms with van der Waals surface area (Å²) in [7, 11) is 5.10. The minimum absolute atomic E-state index is 0.874. The smallest absolute Gasteiger partial charge is 0.121 e. The van der Waals surface area contributed by atoms with Gasteiger partial charge in [-0.1, -0.05) is 30.4 Å². The van der Waals surface area contributed by atoms with Crippen molar-refractivity contribution in [3.8, 4) is 17.2 Å². The van der Waals surface area contributed by atoms with Gasteiger partial charge in [0.1, 0.15) is 17.2 Å². The number of hydrogen-bond donors (Lipinski definition) is 0. The average molecular weight is 480 g/mol. The molecule has 0 aliphatic carbocycles. The summed E-state index contributed by atoms with van der Waals surface area (Å²) in [5, 5.41) is 0. The second kappa shape index (κ2) is 11.0. The number of methoxy groups -OCH3 is 3. The number of benzene rings is 4. The number of aryl methyl sites for hydroxylation is 3. The Morgan fingerprint density at radius 1 is 0.472 bits per heavy atom. The topological polar surface area (TPSA) is 30.9 Å². The molecule has 0 aromatic heterocycles. The molecule has 0 unspecified atom stereocenters. The molecule has 4 aromatic rings. The summed E-state index contributed by atoms with van der Waals surface area (Å²) in [6.45, 7) is 6.18. The van der Waals surface area contributed by atoms with Gasteiger partial charge in [0.15, 0.2) is 0 Å². The first-order valence-electron chi connectivity index (χ1n) is 12.0. The zero-order chi connectivity index (χ0) is 25.7. The largest absolute Gasteiger partial charge is 0.496 e. The van der Waals surface area contributed by atoms with Gasteiger partial charge in [0, 0.05) is 17.1 Å². The van der Waals surface area contributed by atoms with Gasteiger partial charge in [-0.3, -0.25) is 0 Å². The average Bonchev–Trinajstić information content (AvgIpc) is 2.89. The van der Waals surface area contributed by atoms with E-state index in [0.29, 0.717) is 0 Å². The number of rotatable bonds is 8. The van der Waals surface area contributed by atoms with E-state index in [-0.39, 0.29) is 0 Å². The highest BCUT2D eigenvalue weighted by Gasteiger charge is 2.15. The normalized spacial score (nSPS) is 10.9. The molecule has 0 amide bonds. The first-order chi connectivity index (χ1) is 17.4. The van der Waals surface area contributed by atoms with Crippen LogP contribution in [0.4, 0.5) is 17.1 Å². The fraction of sp³-hybridized carbons (Fsp3) is 0.188. The highest BCUT2D eigenvalue weighted by molar-refractivity contribution is 5.79. The maximum absolute atomic E-state index is 5.49. The molecular weight excluding hydrogens is 446 g/mol. The first-order valence-corrected chi connectivity index (χ1v) is 12.0.